The SMILES string of the molecule is Nc1cccc(Oc2ccc(S(=O)(=O)O)c(Oc3cccc(N)c3)c2)c1. The summed E-state index contributed by atoms with van der Waals surface area (Å²) in [4.78, 5) is -0.389. The van der Waals surface area contributed by atoms with Crippen molar-refractivity contribution >= 4 is 21.5 Å². The Morgan fingerprint density at radius 2 is 1.27 bits per heavy atom. The predicted octanol–water partition coefficient (Wildman–Crippen LogP) is 3.68. The van der Waals surface area contributed by atoms with Gasteiger partial charge in [-0.2, -0.15) is 8.42 Å². The summed E-state index contributed by atoms with van der Waals surface area (Å²) in [7, 11) is -4.49. The van der Waals surface area contributed by atoms with Crippen molar-refractivity contribution in [1.29, 1.82) is 0 Å². The smallest absolute Gasteiger partial charge is 0.298 e. The van der Waals surface area contributed by atoms with Crippen LogP contribution < -0.4 is 20.9 Å². The molecule has 8 heteroatoms. The summed E-state index contributed by atoms with van der Waals surface area (Å²) in [6, 6.07) is 17.2. The molecule has 0 aliphatic carbocycles. The summed E-state index contributed by atoms with van der Waals surface area (Å²) < 4.78 is 43.9. The summed E-state index contributed by atoms with van der Waals surface area (Å²) in [5, 5.41) is 0. The first kappa shape index (κ1) is 17.6. The highest BCUT2D eigenvalue weighted by Crippen LogP contribution is 2.34. The molecule has 0 heterocycles. The fourth-order valence-electron chi connectivity index (χ4n) is 2.26. The Bertz CT molecular complexity index is 1050. The van der Waals surface area contributed by atoms with Crippen LogP contribution in [0.4, 0.5) is 11.4 Å². The Kier molecular flexibility index (Phi) is 4.70. The molecular weight excluding hydrogens is 356 g/mol. The summed E-state index contributed by atoms with van der Waals surface area (Å²) in [5.41, 5.74) is 12.4. The van der Waals surface area contributed by atoms with E-state index in [-0.39, 0.29) is 10.6 Å². The average Bonchev–Trinajstić information content (AvgIpc) is 2.54. The van der Waals surface area contributed by atoms with Gasteiger partial charge in [0, 0.05) is 29.6 Å². The molecule has 3 aromatic carbocycles. The Morgan fingerprint density at radius 1 is 0.731 bits per heavy atom. The van der Waals surface area contributed by atoms with Crippen molar-refractivity contribution in [1.82, 2.24) is 0 Å². The van der Waals surface area contributed by atoms with E-state index in [4.69, 9.17) is 20.9 Å². The highest BCUT2D eigenvalue weighted by molar-refractivity contribution is 7.86. The summed E-state index contributed by atoms with van der Waals surface area (Å²) in [6.07, 6.45) is 0. The van der Waals surface area contributed by atoms with Gasteiger partial charge in [0.2, 0.25) is 0 Å². The van der Waals surface area contributed by atoms with Gasteiger partial charge in [0.25, 0.3) is 10.1 Å². The van der Waals surface area contributed by atoms with Crippen molar-refractivity contribution in [2.75, 3.05) is 11.5 Å². The van der Waals surface area contributed by atoms with E-state index in [1.807, 2.05) is 0 Å². The van der Waals surface area contributed by atoms with Gasteiger partial charge in [0.05, 0.1) is 0 Å². The minimum Gasteiger partial charge on any atom is -0.457 e. The van der Waals surface area contributed by atoms with Crippen LogP contribution in [0.15, 0.2) is 71.6 Å². The van der Waals surface area contributed by atoms with Crippen LogP contribution in [-0.4, -0.2) is 13.0 Å². The number of hydrogen-bond donors (Lipinski definition) is 3. The van der Waals surface area contributed by atoms with E-state index in [0.29, 0.717) is 28.6 Å². The monoisotopic (exact) mass is 372 g/mol. The maximum Gasteiger partial charge on any atom is 0.298 e. The maximum absolute atomic E-state index is 11.6. The molecule has 7 nitrogen and oxygen atoms in total. The zero-order valence-corrected chi connectivity index (χ0v) is 14.3. The van der Waals surface area contributed by atoms with Crippen molar-refractivity contribution < 1.29 is 22.4 Å². The van der Waals surface area contributed by atoms with Gasteiger partial charge in [-0.15, -0.1) is 0 Å². The lowest BCUT2D eigenvalue weighted by atomic mass is 10.3. The Labute approximate surface area is 150 Å². The maximum atomic E-state index is 11.6. The molecule has 0 atom stereocenters. The number of anilines is 2. The quantitative estimate of drug-likeness (QED) is 0.461. The van der Waals surface area contributed by atoms with E-state index in [1.165, 1.54) is 24.3 Å². The van der Waals surface area contributed by atoms with Gasteiger partial charge in [-0.3, -0.25) is 4.55 Å². The largest absolute Gasteiger partial charge is 0.457 e. The van der Waals surface area contributed by atoms with Gasteiger partial charge in [0.15, 0.2) is 5.75 Å². The van der Waals surface area contributed by atoms with E-state index < -0.39 is 10.1 Å². The van der Waals surface area contributed by atoms with Gasteiger partial charge < -0.3 is 20.9 Å². The van der Waals surface area contributed by atoms with Gasteiger partial charge in [-0.1, -0.05) is 12.1 Å². The van der Waals surface area contributed by atoms with Crippen LogP contribution in [0, 0.1) is 0 Å². The molecule has 0 fully saturated rings. The van der Waals surface area contributed by atoms with Crippen molar-refractivity contribution in [3.05, 3.63) is 66.7 Å². The fraction of sp³-hybridized carbons (Fsp3) is 0. The van der Waals surface area contributed by atoms with Gasteiger partial charge in [-0.25, -0.2) is 0 Å². The van der Waals surface area contributed by atoms with Crippen LogP contribution in [0.25, 0.3) is 0 Å². The number of nitrogens with two attached hydrogens (primary N) is 2. The molecule has 0 radical (unpaired) electrons. The number of rotatable bonds is 5. The lowest BCUT2D eigenvalue weighted by Gasteiger charge is -2.12. The van der Waals surface area contributed by atoms with E-state index in [2.05, 4.69) is 0 Å². The Morgan fingerprint density at radius 3 is 1.81 bits per heavy atom. The molecule has 5 N–H and O–H groups in total. The summed E-state index contributed by atoms with van der Waals surface area (Å²) in [6.45, 7) is 0. The van der Waals surface area contributed by atoms with E-state index in [0.717, 1.165) is 0 Å². The normalized spacial score (nSPS) is 11.1. The predicted molar refractivity (Wildman–Crippen MR) is 98.1 cm³/mol. The van der Waals surface area contributed by atoms with Gasteiger partial charge >= 0.3 is 0 Å². The first-order valence-electron chi connectivity index (χ1n) is 7.49. The number of hydrogen-bond acceptors (Lipinski definition) is 6. The van der Waals surface area contributed by atoms with Crippen LogP contribution in [0.5, 0.6) is 23.0 Å². The standard InChI is InChI=1S/C18H16N2O5S/c19-12-3-1-5-14(9-12)24-16-7-8-18(26(21,22)23)17(11-16)25-15-6-2-4-13(20)10-15/h1-11H,19-20H2,(H,21,22,23). The van der Waals surface area contributed by atoms with Crippen LogP contribution in [-0.2, 0) is 10.1 Å². The van der Waals surface area contributed by atoms with Crippen LogP contribution in [0.3, 0.4) is 0 Å². The molecule has 0 bridgehead atoms. The molecule has 0 spiro atoms. The lowest BCUT2D eigenvalue weighted by molar-refractivity contribution is 0.440. The molecule has 0 aliphatic heterocycles. The molecule has 0 aliphatic rings. The average molecular weight is 372 g/mol. The van der Waals surface area contributed by atoms with Crippen LogP contribution in [0.1, 0.15) is 0 Å². The minimum atomic E-state index is -4.49. The molecule has 0 saturated heterocycles. The third-order valence-corrected chi connectivity index (χ3v) is 4.27. The molecule has 3 aromatic rings. The zero-order chi connectivity index (χ0) is 18.7. The highest BCUT2D eigenvalue weighted by Gasteiger charge is 2.19. The molecule has 3 rings (SSSR count). The second kappa shape index (κ2) is 6.95. The number of benzene rings is 3. The van der Waals surface area contributed by atoms with Crippen molar-refractivity contribution in [2.24, 2.45) is 0 Å². The minimum absolute atomic E-state index is 0.0977. The molecule has 0 amide bonds. The van der Waals surface area contributed by atoms with Crippen LogP contribution >= 0.6 is 0 Å². The van der Waals surface area contributed by atoms with Gasteiger partial charge in [0.1, 0.15) is 22.1 Å². The van der Waals surface area contributed by atoms with E-state index >= 15 is 0 Å². The Balaban J connectivity index is 1.99. The van der Waals surface area contributed by atoms with Crippen molar-refractivity contribution in [3.8, 4) is 23.0 Å². The van der Waals surface area contributed by atoms with E-state index in [9.17, 15) is 13.0 Å². The molecular formula is C18H16N2O5S. The fourth-order valence-corrected chi connectivity index (χ4v) is 2.86. The first-order valence-corrected chi connectivity index (χ1v) is 8.93. The topological polar surface area (TPSA) is 125 Å². The second-order valence-electron chi connectivity index (χ2n) is 5.43. The second-order valence-corrected chi connectivity index (χ2v) is 6.82. The molecule has 26 heavy (non-hydrogen) atoms. The molecule has 0 saturated carbocycles. The number of ether oxygens (including phenoxy) is 2. The molecule has 0 unspecified atom stereocenters. The van der Waals surface area contributed by atoms with E-state index in [1.54, 1.807) is 42.5 Å². The lowest BCUT2D eigenvalue weighted by Crippen LogP contribution is -2.01. The first-order chi connectivity index (χ1) is 12.3. The summed E-state index contributed by atoms with van der Waals surface area (Å²) >= 11 is 0. The third-order valence-electron chi connectivity index (χ3n) is 3.37. The van der Waals surface area contributed by atoms with Gasteiger partial charge in [-0.05, 0) is 36.4 Å². The zero-order valence-electron chi connectivity index (χ0n) is 13.5. The summed E-state index contributed by atoms with van der Waals surface area (Å²) in [5.74, 6) is 0.997. The molecule has 0 aromatic heterocycles. The highest BCUT2D eigenvalue weighted by atomic mass is 32.2. The van der Waals surface area contributed by atoms with Crippen LogP contribution in [0.2, 0.25) is 0 Å². The molecule has 134 valence electrons. The Hall–Kier alpha value is -3.23. The van der Waals surface area contributed by atoms with Crippen molar-refractivity contribution in [2.45, 2.75) is 4.90 Å². The third kappa shape index (κ3) is 4.24. The number of nitrogen functional groups attached to an aromatic ring is 2. The van der Waals surface area contributed by atoms with Crippen molar-refractivity contribution in [3.63, 3.8) is 0 Å².